The number of halogens is 1. The van der Waals surface area contributed by atoms with Gasteiger partial charge in [0.05, 0.1) is 11.0 Å². The summed E-state index contributed by atoms with van der Waals surface area (Å²) >= 11 is 0. The maximum absolute atomic E-state index is 13.3. The summed E-state index contributed by atoms with van der Waals surface area (Å²) in [6.07, 6.45) is 2.46. The topological polar surface area (TPSA) is 58.4 Å². The van der Waals surface area contributed by atoms with Crippen LogP contribution in [0.2, 0.25) is 0 Å². The van der Waals surface area contributed by atoms with Gasteiger partial charge in [0.2, 0.25) is 0 Å². The van der Waals surface area contributed by atoms with E-state index in [1.165, 1.54) is 25.0 Å². The van der Waals surface area contributed by atoms with Crippen molar-refractivity contribution >= 4 is 11.4 Å². The minimum atomic E-state index is -0.597. The highest BCUT2D eigenvalue weighted by Crippen LogP contribution is 2.27. The lowest BCUT2D eigenvalue weighted by Crippen LogP contribution is -2.36. The van der Waals surface area contributed by atoms with Crippen LogP contribution >= 0.6 is 0 Å². The molecule has 104 valence electrons. The van der Waals surface area contributed by atoms with E-state index in [0.717, 1.165) is 6.07 Å². The van der Waals surface area contributed by atoms with Crippen LogP contribution in [-0.2, 0) is 0 Å². The van der Waals surface area contributed by atoms with Crippen molar-refractivity contribution in [1.29, 1.82) is 0 Å². The Labute approximate surface area is 111 Å². The molecule has 1 N–H and O–H groups in total. The predicted molar refractivity (Wildman–Crippen MR) is 71.8 cm³/mol. The first-order chi connectivity index (χ1) is 8.97. The van der Waals surface area contributed by atoms with Gasteiger partial charge in [0.25, 0.3) is 5.69 Å². The first-order valence-electron chi connectivity index (χ1n) is 6.38. The number of nitro benzene ring substituents is 1. The number of anilines is 1. The van der Waals surface area contributed by atoms with Gasteiger partial charge in [-0.15, -0.1) is 0 Å². The van der Waals surface area contributed by atoms with E-state index in [9.17, 15) is 14.5 Å². The summed E-state index contributed by atoms with van der Waals surface area (Å²) in [5, 5.41) is 13.7. The van der Waals surface area contributed by atoms with Crippen LogP contribution in [-0.4, -0.2) is 35.5 Å². The molecule has 0 bridgehead atoms. The molecule has 5 nitrogen and oxygen atoms in total. The molecule has 0 radical (unpaired) electrons. The molecule has 0 spiro atoms. The third-order valence-corrected chi connectivity index (χ3v) is 3.51. The highest BCUT2D eigenvalue weighted by molar-refractivity contribution is 5.51. The van der Waals surface area contributed by atoms with Crippen molar-refractivity contribution in [3.8, 4) is 0 Å². The molecule has 1 aliphatic carbocycles. The summed E-state index contributed by atoms with van der Waals surface area (Å²) < 4.78 is 13.3. The fourth-order valence-electron chi connectivity index (χ4n) is 2.03. The second-order valence-corrected chi connectivity index (χ2v) is 5.08. The summed E-state index contributed by atoms with van der Waals surface area (Å²) in [5.74, 6) is -0.597. The molecule has 1 aliphatic rings. The van der Waals surface area contributed by atoms with Crippen LogP contribution in [0.25, 0.3) is 0 Å². The Bertz CT molecular complexity index is 477. The van der Waals surface area contributed by atoms with Gasteiger partial charge in [-0.2, -0.15) is 0 Å². The van der Waals surface area contributed by atoms with Crippen molar-refractivity contribution in [2.75, 3.05) is 18.9 Å². The normalized spacial score (nSPS) is 16.4. The van der Waals surface area contributed by atoms with Gasteiger partial charge in [0.1, 0.15) is 5.82 Å². The fourth-order valence-corrected chi connectivity index (χ4v) is 2.03. The second kappa shape index (κ2) is 5.52. The molecular formula is C13H18FN3O2. The monoisotopic (exact) mass is 267 g/mol. The van der Waals surface area contributed by atoms with E-state index >= 15 is 0 Å². The quantitative estimate of drug-likeness (QED) is 0.636. The average molecular weight is 267 g/mol. The average Bonchev–Trinajstić information content (AvgIpc) is 3.18. The number of likely N-dealkylation sites (N-methyl/N-ethyl adjacent to an activating group) is 1. The van der Waals surface area contributed by atoms with Crippen LogP contribution in [0.1, 0.15) is 19.8 Å². The summed E-state index contributed by atoms with van der Waals surface area (Å²) in [6.45, 7) is 2.71. The highest BCUT2D eigenvalue weighted by Gasteiger charge is 2.28. The Hall–Kier alpha value is -1.69. The van der Waals surface area contributed by atoms with Gasteiger partial charge in [-0.25, -0.2) is 4.39 Å². The number of nitro groups is 1. The molecule has 1 aromatic carbocycles. The number of hydrogen-bond acceptors (Lipinski definition) is 4. The zero-order valence-corrected chi connectivity index (χ0v) is 11.1. The third kappa shape index (κ3) is 3.64. The summed E-state index contributed by atoms with van der Waals surface area (Å²) in [5.41, 5.74) is 0.216. The number of nitrogens with zero attached hydrogens (tertiary/aromatic N) is 2. The van der Waals surface area contributed by atoms with Crippen LogP contribution in [0.3, 0.4) is 0 Å². The van der Waals surface area contributed by atoms with Crippen molar-refractivity contribution in [3.63, 3.8) is 0 Å². The number of non-ortho nitro benzene ring substituents is 1. The molecule has 6 heteroatoms. The number of rotatable bonds is 6. The van der Waals surface area contributed by atoms with Crippen molar-refractivity contribution in [3.05, 3.63) is 34.1 Å². The van der Waals surface area contributed by atoms with Crippen molar-refractivity contribution in [1.82, 2.24) is 4.90 Å². The largest absolute Gasteiger partial charge is 0.383 e. The minimum Gasteiger partial charge on any atom is -0.383 e. The number of benzene rings is 1. The van der Waals surface area contributed by atoms with E-state index in [2.05, 4.69) is 24.2 Å². The molecule has 19 heavy (non-hydrogen) atoms. The maximum Gasteiger partial charge on any atom is 0.274 e. The molecule has 1 fully saturated rings. The third-order valence-electron chi connectivity index (χ3n) is 3.51. The molecule has 0 aliphatic heterocycles. The van der Waals surface area contributed by atoms with Crippen LogP contribution < -0.4 is 5.32 Å². The van der Waals surface area contributed by atoms with Crippen molar-refractivity contribution in [2.24, 2.45) is 0 Å². The van der Waals surface area contributed by atoms with E-state index in [1.807, 2.05) is 0 Å². The Balaban J connectivity index is 1.96. The smallest absolute Gasteiger partial charge is 0.274 e. The zero-order chi connectivity index (χ0) is 14.0. The molecule has 1 atom stereocenters. The summed E-state index contributed by atoms with van der Waals surface area (Å²) in [7, 11) is 2.07. The standard InChI is InChI=1S/C13H18FN3O2/c1-9(16(2)12-3-4-12)8-15-11-5-10(14)6-13(7-11)17(18)19/h5-7,9,12,15H,3-4,8H2,1-2H3. The molecule has 0 aromatic heterocycles. The highest BCUT2D eigenvalue weighted by atomic mass is 19.1. The Kier molecular flexibility index (Phi) is 3.99. The van der Waals surface area contributed by atoms with Crippen molar-refractivity contribution < 1.29 is 9.31 Å². The Morgan fingerprint density at radius 1 is 1.53 bits per heavy atom. The lowest BCUT2D eigenvalue weighted by Gasteiger charge is -2.25. The zero-order valence-electron chi connectivity index (χ0n) is 11.1. The fraction of sp³-hybridized carbons (Fsp3) is 0.538. The van der Waals surface area contributed by atoms with Crippen molar-refractivity contribution in [2.45, 2.75) is 31.8 Å². The first kappa shape index (κ1) is 13.7. The van der Waals surface area contributed by atoms with Crippen LogP contribution in [0.5, 0.6) is 0 Å². The first-order valence-corrected chi connectivity index (χ1v) is 6.38. The van der Waals surface area contributed by atoms with E-state index in [4.69, 9.17) is 0 Å². The van der Waals surface area contributed by atoms with Gasteiger partial charge in [-0.3, -0.25) is 15.0 Å². The van der Waals surface area contributed by atoms with E-state index in [-0.39, 0.29) is 5.69 Å². The Morgan fingerprint density at radius 2 is 2.21 bits per heavy atom. The summed E-state index contributed by atoms with van der Waals surface area (Å²) in [6, 6.07) is 4.50. The lowest BCUT2D eigenvalue weighted by atomic mass is 10.2. The maximum atomic E-state index is 13.3. The molecule has 2 rings (SSSR count). The molecule has 1 saturated carbocycles. The molecule has 0 saturated heterocycles. The van der Waals surface area contributed by atoms with Gasteiger partial charge < -0.3 is 5.32 Å². The molecule has 1 unspecified atom stereocenters. The van der Waals surface area contributed by atoms with Gasteiger partial charge in [0.15, 0.2) is 0 Å². The van der Waals surface area contributed by atoms with Gasteiger partial charge in [-0.05, 0) is 32.9 Å². The Morgan fingerprint density at radius 3 is 2.79 bits per heavy atom. The van der Waals surface area contributed by atoms with E-state index in [0.29, 0.717) is 24.3 Å². The lowest BCUT2D eigenvalue weighted by molar-refractivity contribution is -0.385. The SMILES string of the molecule is CC(CNc1cc(F)cc([N+](=O)[O-])c1)N(C)C1CC1. The number of nitrogens with one attached hydrogen (secondary N) is 1. The van der Waals surface area contributed by atoms with Crippen LogP contribution in [0.15, 0.2) is 18.2 Å². The second-order valence-electron chi connectivity index (χ2n) is 5.08. The predicted octanol–water partition coefficient (Wildman–Crippen LogP) is 2.63. The molecule has 0 heterocycles. The van der Waals surface area contributed by atoms with Crippen LogP contribution in [0.4, 0.5) is 15.8 Å². The van der Waals surface area contributed by atoms with Gasteiger partial charge in [-0.1, -0.05) is 0 Å². The van der Waals surface area contributed by atoms with E-state index < -0.39 is 10.7 Å². The molecular weight excluding hydrogens is 249 g/mol. The van der Waals surface area contributed by atoms with Crippen LogP contribution in [0, 0.1) is 15.9 Å². The van der Waals surface area contributed by atoms with E-state index in [1.54, 1.807) is 0 Å². The number of hydrogen-bond donors (Lipinski definition) is 1. The van der Waals surface area contributed by atoms with Gasteiger partial charge in [0, 0.05) is 30.4 Å². The summed E-state index contributed by atoms with van der Waals surface area (Å²) in [4.78, 5) is 12.3. The van der Waals surface area contributed by atoms with Gasteiger partial charge >= 0.3 is 0 Å². The minimum absolute atomic E-state index is 0.231. The molecule has 1 aromatic rings. The molecule has 0 amide bonds.